The molecular formula is C15H20IN5O. The first kappa shape index (κ1) is 16.6. The number of aromatic nitrogens is 2. The monoisotopic (exact) mass is 413 g/mol. The third-order valence-corrected chi connectivity index (χ3v) is 3.63. The van der Waals surface area contributed by atoms with Gasteiger partial charge in [0.25, 0.3) is 0 Å². The van der Waals surface area contributed by atoms with E-state index in [1.54, 1.807) is 6.20 Å². The molecule has 4 N–H and O–H groups in total. The average Bonchev–Trinajstić information content (AvgIpc) is 2.91. The van der Waals surface area contributed by atoms with Gasteiger partial charge in [0.1, 0.15) is 5.75 Å². The molecule has 0 aliphatic carbocycles. The number of nitrogens with one attached hydrogen (secondary N) is 2. The number of hydrogen-bond acceptors (Lipinski definition) is 3. The van der Waals surface area contributed by atoms with Crippen LogP contribution in [0, 0.1) is 6.92 Å². The standard InChI is InChI=1S/C15H19N5O.HI/c1-10-11(9-18-20-10)8-17-15(16)19-13-6-7-21-14-5-3-2-4-12(13)14;/h2-5,9,13H,6-8H2,1H3,(H,18,20)(H3,16,17,19);1H. The Morgan fingerprint density at radius 1 is 1.50 bits per heavy atom. The largest absolute Gasteiger partial charge is 0.493 e. The van der Waals surface area contributed by atoms with Crippen LogP contribution < -0.4 is 15.8 Å². The highest BCUT2D eigenvalue weighted by Crippen LogP contribution is 2.31. The zero-order valence-electron chi connectivity index (χ0n) is 12.4. The second-order valence-electron chi connectivity index (χ2n) is 5.09. The van der Waals surface area contributed by atoms with Crippen molar-refractivity contribution in [2.24, 2.45) is 10.7 Å². The molecule has 1 aromatic heterocycles. The smallest absolute Gasteiger partial charge is 0.189 e. The van der Waals surface area contributed by atoms with Crippen LogP contribution in [0.15, 0.2) is 35.5 Å². The summed E-state index contributed by atoms with van der Waals surface area (Å²) in [6.45, 7) is 3.17. The van der Waals surface area contributed by atoms with Gasteiger partial charge in [-0.2, -0.15) is 5.10 Å². The summed E-state index contributed by atoms with van der Waals surface area (Å²) in [5.74, 6) is 1.36. The number of aliphatic imine (C=N–C) groups is 1. The van der Waals surface area contributed by atoms with Gasteiger partial charge in [0.15, 0.2) is 5.96 Å². The number of ether oxygens (including phenoxy) is 1. The van der Waals surface area contributed by atoms with Gasteiger partial charge < -0.3 is 15.8 Å². The molecule has 0 spiro atoms. The summed E-state index contributed by atoms with van der Waals surface area (Å²) in [6.07, 6.45) is 2.65. The van der Waals surface area contributed by atoms with E-state index in [9.17, 15) is 0 Å². The molecule has 0 fully saturated rings. The quantitative estimate of drug-likeness (QED) is 0.409. The molecule has 1 aromatic carbocycles. The van der Waals surface area contributed by atoms with Crippen molar-refractivity contribution in [3.63, 3.8) is 0 Å². The second-order valence-corrected chi connectivity index (χ2v) is 5.09. The van der Waals surface area contributed by atoms with Gasteiger partial charge in [0, 0.05) is 23.2 Å². The molecule has 3 rings (SSSR count). The van der Waals surface area contributed by atoms with E-state index >= 15 is 0 Å². The van der Waals surface area contributed by atoms with Gasteiger partial charge in [-0.25, -0.2) is 4.99 Å². The van der Waals surface area contributed by atoms with Crippen molar-refractivity contribution in [3.05, 3.63) is 47.3 Å². The highest BCUT2D eigenvalue weighted by molar-refractivity contribution is 14.0. The van der Waals surface area contributed by atoms with Crippen molar-refractivity contribution in [3.8, 4) is 5.75 Å². The molecule has 0 radical (unpaired) electrons. The fourth-order valence-corrected chi connectivity index (χ4v) is 2.42. The molecule has 6 nitrogen and oxygen atoms in total. The topological polar surface area (TPSA) is 88.3 Å². The number of nitrogens with zero attached hydrogens (tertiary/aromatic N) is 2. The highest BCUT2D eigenvalue weighted by Gasteiger charge is 2.21. The Bertz CT molecular complexity index is 655. The maximum Gasteiger partial charge on any atom is 0.189 e. The lowest BCUT2D eigenvalue weighted by Crippen LogP contribution is -2.37. The van der Waals surface area contributed by atoms with Crippen molar-refractivity contribution in [1.29, 1.82) is 0 Å². The number of H-pyrrole nitrogens is 1. The Hall–Kier alpha value is -1.77. The summed E-state index contributed by atoms with van der Waals surface area (Å²) < 4.78 is 5.64. The number of halogens is 1. The number of aromatic amines is 1. The number of fused-ring (bicyclic) bond motifs is 1. The van der Waals surface area contributed by atoms with Crippen molar-refractivity contribution < 1.29 is 4.74 Å². The van der Waals surface area contributed by atoms with E-state index in [-0.39, 0.29) is 30.0 Å². The molecule has 7 heteroatoms. The Morgan fingerprint density at radius 2 is 2.32 bits per heavy atom. The minimum Gasteiger partial charge on any atom is -0.493 e. The Morgan fingerprint density at radius 3 is 3.09 bits per heavy atom. The molecule has 1 atom stereocenters. The van der Waals surface area contributed by atoms with Crippen molar-refractivity contribution in [2.75, 3.05) is 6.61 Å². The molecule has 1 unspecified atom stereocenters. The van der Waals surface area contributed by atoms with E-state index in [1.807, 2.05) is 25.1 Å². The van der Waals surface area contributed by atoms with Gasteiger partial charge in [0.2, 0.25) is 0 Å². The van der Waals surface area contributed by atoms with Crippen LogP contribution >= 0.6 is 24.0 Å². The summed E-state index contributed by atoms with van der Waals surface area (Å²) >= 11 is 0. The lowest BCUT2D eigenvalue weighted by atomic mass is 10.0. The van der Waals surface area contributed by atoms with Crippen LogP contribution in [0.2, 0.25) is 0 Å². The van der Waals surface area contributed by atoms with Gasteiger partial charge in [0.05, 0.1) is 25.4 Å². The predicted octanol–water partition coefficient (Wildman–Crippen LogP) is 2.26. The number of aryl methyl sites for hydroxylation is 1. The van der Waals surface area contributed by atoms with Crippen LogP contribution in [0.4, 0.5) is 0 Å². The normalized spacial score (nSPS) is 17.1. The van der Waals surface area contributed by atoms with E-state index < -0.39 is 0 Å². The van der Waals surface area contributed by atoms with Gasteiger partial charge in [-0.05, 0) is 13.0 Å². The number of hydrogen-bond donors (Lipinski definition) is 3. The fraction of sp³-hybridized carbons (Fsp3) is 0.333. The molecule has 0 bridgehead atoms. The van der Waals surface area contributed by atoms with Gasteiger partial charge in [-0.15, -0.1) is 24.0 Å². The van der Waals surface area contributed by atoms with E-state index in [4.69, 9.17) is 10.5 Å². The predicted molar refractivity (Wildman–Crippen MR) is 96.5 cm³/mol. The second kappa shape index (κ2) is 7.48. The Balaban J connectivity index is 0.00000176. The maximum absolute atomic E-state index is 6.00. The lowest BCUT2D eigenvalue weighted by molar-refractivity contribution is 0.262. The molecule has 0 saturated carbocycles. The van der Waals surface area contributed by atoms with E-state index in [0.29, 0.717) is 19.1 Å². The van der Waals surface area contributed by atoms with Gasteiger partial charge >= 0.3 is 0 Å². The minimum absolute atomic E-state index is 0. The van der Waals surface area contributed by atoms with Crippen molar-refractivity contribution in [1.82, 2.24) is 15.5 Å². The molecule has 118 valence electrons. The zero-order chi connectivity index (χ0) is 14.7. The molecule has 2 aromatic rings. The van der Waals surface area contributed by atoms with E-state index in [1.165, 1.54) is 0 Å². The number of guanidine groups is 1. The molecule has 1 aliphatic heterocycles. The highest BCUT2D eigenvalue weighted by atomic mass is 127. The van der Waals surface area contributed by atoms with Gasteiger partial charge in [-0.1, -0.05) is 18.2 Å². The Labute approximate surface area is 146 Å². The van der Waals surface area contributed by atoms with Crippen LogP contribution in [0.5, 0.6) is 5.75 Å². The summed E-state index contributed by atoms with van der Waals surface area (Å²) in [4.78, 5) is 4.38. The van der Waals surface area contributed by atoms with Crippen LogP contribution in [-0.4, -0.2) is 22.8 Å². The first-order valence-corrected chi connectivity index (χ1v) is 7.01. The molecule has 2 heterocycles. The summed E-state index contributed by atoms with van der Waals surface area (Å²) in [7, 11) is 0. The van der Waals surface area contributed by atoms with Crippen molar-refractivity contribution in [2.45, 2.75) is 25.9 Å². The van der Waals surface area contributed by atoms with Crippen LogP contribution in [0.1, 0.15) is 29.3 Å². The minimum atomic E-state index is 0. The number of rotatable bonds is 3. The van der Waals surface area contributed by atoms with E-state index in [0.717, 1.165) is 29.0 Å². The summed E-state index contributed by atoms with van der Waals surface area (Å²) in [6, 6.07) is 8.15. The summed E-state index contributed by atoms with van der Waals surface area (Å²) in [5.41, 5.74) is 9.19. The fourth-order valence-electron chi connectivity index (χ4n) is 2.42. The van der Waals surface area contributed by atoms with Crippen molar-refractivity contribution >= 4 is 29.9 Å². The first-order valence-electron chi connectivity index (χ1n) is 7.01. The number of para-hydroxylation sites is 1. The third kappa shape index (κ3) is 3.70. The van der Waals surface area contributed by atoms with E-state index in [2.05, 4.69) is 26.6 Å². The molecule has 1 aliphatic rings. The first-order chi connectivity index (χ1) is 10.2. The van der Waals surface area contributed by atoms with Crippen LogP contribution in [0.25, 0.3) is 0 Å². The van der Waals surface area contributed by atoms with Crippen LogP contribution in [-0.2, 0) is 6.54 Å². The average molecular weight is 413 g/mol. The molecule has 0 saturated heterocycles. The third-order valence-electron chi connectivity index (χ3n) is 3.63. The molecule has 22 heavy (non-hydrogen) atoms. The Kier molecular flexibility index (Phi) is 5.64. The molecular weight excluding hydrogens is 393 g/mol. The summed E-state index contributed by atoms with van der Waals surface area (Å²) in [5, 5.41) is 10.1. The SMILES string of the molecule is Cc1[nH]ncc1CN=C(N)NC1CCOc2ccccc21.I. The lowest BCUT2D eigenvalue weighted by Gasteiger charge is -2.26. The van der Waals surface area contributed by atoms with Gasteiger partial charge in [-0.3, -0.25) is 5.10 Å². The zero-order valence-corrected chi connectivity index (χ0v) is 14.7. The number of nitrogens with two attached hydrogens (primary N) is 1. The molecule has 0 amide bonds. The number of benzene rings is 1. The van der Waals surface area contributed by atoms with Crippen LogP contribution in [0.3, 0.4) is 0 Å². The maximum atomic E-state index is 6.00.